The molecule has 2 aromatic carbocycles. The van der Waals surface area contributed by atoms with Crippen molar-refractivity contribution < 1.29 is 0 Å². The van der Waals surface area contributed by atoms with Crippen LogP contribution < -0.4 is 10.6 Å². The Morgan fingerprint density at radius 1 is 0.875 bits per heavy atom. The number of benzene rings is 2. The summed E-state index contributed by atoms with van der Waals surface area (Å²) >= 11 is 5.40. The molecule has 0 aliphatic rings. The van der Waals surface area contributed by atoms with Crippen molar-refractivity contribution in [3.05, 3.63) is 59.7 Å². The van der Waals surface area contributed by atoms with E-state index in [1.807, 2.05) is 0 Å². The highest BCUT2D eigenvalue weighted by atomic mass is 32.1. The first-order valence-corrected chi connectivity index (χ1v) is 9.07. The third-order valence-electron chi connectivity index (χ3n) is 4.04. The molecule has 0 spiro atoms. The van der Waals surface area contributed by atoms with Gasteiger partial charge in [-0.05, 0) is 65.9 Å². The summed E-state index contributed by atoms with van der Waals surface area (Å²) in [6.45, 7) is 8.86. The Morgan fingerprint density at radius 3 is 1.83 bits per heavy atom. The van der Waals surface area contributed by atoms with E-state index in [-0.39, 0.29) is 5.41 Å². The average Bonchev–Trinajstić information content (AvgIpc) is 2.54. The van der Waals surface area contributed by atoms with E-state index in [1.165, 1.54) is 24.0 Å². The normalized spacial score (nSPS) is 11.2. The second-order valence-electron chi connectivity index (χ2n) is 7.21. The van der Waals surface area contributed by atoms with Crippen molar-refractivity contribution in [2.45, 2.75) is 52.4 Å². The fourth-order valence-electron chi connectivity index (χ4n) is 2.48. The smallest absolute Gasteiger partial charge is 0.175 e. The van der Waals surface area contributed by atoms with E-state index in [2.05, 4.69) is 86.9 Å². The van der Waals surface area contributed by atoms with E-state index in [1.54, 1.807) is 0 Å². The molecule has 128 valence electrons. The van der Waals surface area contributed by atoms with E-state index in [4.69, 9.17) is 12.2 Å². The Kier molecular flexibility index (Phi) is 6.38. The van der Waals surface area contributed by atoms with Crippen molar-refractivity contribution in [2.24, 2.45) is 0 Å². The van der Waals surface area contributed by atoms with Gasteiger partial charge in [-0.15, -0.1) is 0 Å². The zero-order valence-corrected chi connectivity index (χ0v) is 16.0. The number of thiocarbonyl (C=S) groups is 1. The van der Waals surface area contributed by atoms with Crippen LogP contribution in [0, 0.1) is 0 Å². The fraction of sp³-hybridized carbons (Fsp3) is 0.381. The van der Waals surface area contributed by atoms with Gasteiger partial charge in [-0.25, -0.2) is 0 Å². The summed E-state index contributed by atoms with van der Waals surface area (Å²) in [6.07, 6.45) is 3.60. The SMILES string of the molecule is CCCCc1ccc(NC(=S)Nc2ccc(C(C)(C)C)cc2)cc1. The van der Waals surface area contributed by atoms with Gasteiger partial charge in [0.2, 0.25) is 0 Å². The largest absolute Gasteiger partial charge is 0.332 e. The molecule has 0 unspecified atom stereocenters. The first-order valence-electron chi connectivity index (χ1n) is 8.66. The predicted octanol–water partition coefficient (Wildman–Crippen LogP) is 6.14. The molecule has 0 aromatic heterocycles. The number of anilines is 2. The summed E-state index contributed by atoms with van der Waals surface area (Å²) < 4.78 is 0. The highest BCUT2D eigenvalue weighted by molar-refractivity contribution is 7.80. The Morgan fingerprint density at radius 2 is 1.38 bits per heavy atom. The second-order valence-corrected chi connectivity index (χ2v) is 7.62. The van der Waals surface area contributed by atoms with Crippen LogP contribution in [0.15, 0.2) is 48.5 Å². The Labute approximate surface area is 151 Å². The molecule has 2 N–H and O–H groups in total. The summed E-state index contributed by atoms with van der Waals surface area (Å²) in [5, 5.41) is 7.09. The van der Waals surface area contributed by atoms with Crippen LogP contribution in [-0.4, -0.2) is 5.11 Å². The van der Waals surface area contributed by atoms with Crippen LogP contribution in [0.5, 0.6) is 0 Å². The molecule has 0 aliphatic carbocycles. The van der Waals surface area contributed by atoms with Gasteiger partial charge in [0, 0.05) is 11.4 Å². The monoisotopic (exact) mass is 340 g/mol. The fourth-order valence-corrected chi connectivity index (χ4v) is 2.72. The highest BCUT2D eigenvalue weighted by Gasteiger charge is 2.12. The van der Waals surface area contributed by atoms with Gasteiger partial charge in [0.05, 0.1) is 0 Å². The molecule has 0 saturated carbocycles. The van der Waals surface area contributed by atoms with Crippen molar-refractivity contribution in [1.82, 2.24) is 0 Å². The van der Waals surface area contributed by atoms with Gasteiger partial charge in [0.25, 0.3) is 0 Å². The summed E-state index contributed by atoms with van der Waals surface area (Å²) in [5.41, 5.74) is 4.87. The van der Waals surface area contributed by atoms with Crippen LogP contribution in [0.3, 0.4) is 0 Å². The third kappa shape index (κ3) is 5.64. The Balaban J connectivity index is 1.91. The van der Waals surface area contributed by atoms with Gasteiger partial charge in [-0.1, -0.05) is 58.4 Å². The zero-order valence-electron chi connectivity index (χ0n) is 15.1. The molecule has 0 amide bonds. The molecular weight excluding hydrogens is 312 g/mol. The van der Waals surface area contributed by atoms with Gasteiger partial charge in [0.15, 0.2) is 5.11 Å². The number of hydrogen-bond donors (Lipinski definition) is 2. The average molecular weight is 341 g/mol. The van der Waals surface area contributed by atoms with Crippen LogP contribution in [-0.2, 0) is 11.8 Å². The first-order chi connectivity index (χ1) is 11.4. The second kappa shape index (κ2) is 8.29. The highest BCUT2D eigenvalue weighted by Crippen LogP contribution is 2.23. The molecule has 2 nitrogen and oxygen atoms in total. The summed E-state index contributed by atoms with van der Waals surface area (Å²) in [4.78, 5) is 0. The number of hydrogen-bond acceptors (Lipinski definition) is 1. The van der Waals surface area contributed by atoms with E-state index < -0.39 is 0 Å². The predicted molar refractivity (Wildman–Crippen MR) is 110 cm³/mol. The minimum atomic E-state index is 0.164. The Bertz CT molecular complexity index is 652. The maximum absolute atomic E-state index is 5.40. The third-order valence-corrected chi connectivity index (χ3v) is 4.24. The quantitative estimate of drug-likeness (QED) is 0.640. The molecule has 2 rings (SSSR count). The molecule has 0 atom stereocenters. The van der Waals surface area contributed by atoms with E-state index in [9.17, 15) is 0 Å². The zero-order chi connectivity index (χ0) is 17.6. The van der Waals surface area contributed by atoms with E-state index >= 15 is 0 Å². The molecule has 2 aromatic rings. The van der Waals surface area contributed by atoms with Crippen molar-refractivity contribution in [2.75, 3.05) is 10.6 Å². The van der Waals surface area contributed by atoms with Gasteiger partial charge >= 0.3 is 0 Å². The van der Waals surface area contributed by atoms with E-state index in [0.29, 0.717) is 5.11 Å². The number of unbranched alkanes of at least 4 members (excludes halogenated alkanes) is 1. The molecule has 0 radical (unpaired) electrons. The molecule has 0 aliphatic heterocycles. The number of nitrogens with one attached hydrogen (secondary N) is 2. The number of aryl methyl sites for hydroxylation is 1. The van der Waals surface area contributed by atoms with E-state index in [0.717, 1.165) is 17.8 Å². The van der Waals surface area contributed by atoms with Crippen LogP contribution in [0.25, 0.3) is 0 Å². The molecule has 0 heterocycles. The number of rotatable bonds is 5. The summed E-state index contributed by atoms with van der Waals surface area (Å²) in [6, 6.07) is 16.9. The van der Waals surface area contributed by atoms with Gasteiger partial charge in [-0.2, -0.15) is 0 Å². The topological polar surface area (TPSA) is 24.1 Å². The van der Waals surface area contributed by atoms with Crippen molar-refractivity contribution >= 4 is 28.7 Å². The summed E-state index contributed by atoms with van der Waals surface area (Å²) in [5.74, 6) is 0. The molecule has 3 heteroatoms. The first kappa shape index (κ1) is 18.5. The van der Waals surface area contributed by atoms with Crippen LogP contribution >= 0.6 is 12.2 Å². The van der Waals surface area contributed by atoms with Crippen molar-refractivity contribution in [3.63, 3.8) is 0 Å². The maximum Gasteiger partial charge on any atom is 0.175 e. The van der Waals surface area contributed by atoms with Gasteiger partial charge in [-0.3, -0.25) is 0 Å². The standard InChI is InChI=1S/C21H28N2S/c1-5-6-7-16-8-12-18(13-9-16)22-20(24)23-19-14-10-17(11-15-19)21(2,3)4/h8-15H,5-7H2,1-4H3,(H2,22,23,24). The molecule has 0 bridgehead atoms. The lowest BCUT2D eigenvalue weighted by molar-refractivity contribution is 0.590. The lowest BCUT2D eigenvalue weighted by Gasteiger charge is -2.19. The molecular formula is C21H28N2S. The summed E-state index contributed by atoms with van der Waals surface area (Å²) in [7, 11) is 0. The minimum Gasteiger partial charge on any atom is -0.332 e. The molecule has 0 fully saturated rings. The van der Waals surface area contributed by atoms with Crippen molar-refractivity contribution in [3.8, 4) is 0 Å². The van der Waals surface area contributed by atoms with Crippen LogP contribution in [0.4, 0.5) is 11.4 Å². The molecule has 24 heavy (non-hydrogen) atoms. The van der Waals surface area contributed by atoms with Gasteiger partial charge < -0.3 is 10.6 Å². The van der Waals surface area contributed by atoms with Gasteiger partial charge in [0.1, 0.15) is 0 Å². The molecule has 0 saturated heterocycles. The minimum absolute atomic E-state index is 0.164. The maximum atomic E-state index is 5.40. The Hall–Kier alpha value is -1.87. The lowest BCUT2D eigenvalue weighted by atomic mass is 9.87. The van der Waals surface area contributed by atoms with Crippen LogP contribution in [0.1, 0.15) is 51.7 Å². The lowest BCUT2D eigenvalue weighted by Crippen LogP contribution is -2.19. The van der Waals surface area contributed by atoms with Crippen LogP contribution in [0.2, 0.25) is 0 Å². The van der Waals surface area contributed by atoms with Crippen molar-refractivity contribution in [1.29, 1.82) is 0 Å².